The van der Waals surface area contributed by atoms with Crippen LogP contribution in [0.15, 0.2) is 23.1 Å². The molecule has 0 N–H and O–H groups in total. The number of hydrogen-bond donors (Lipinski definition) is 0. The molecule has 0 aromatic heterocycles. The van der Waals surface area contributed by atoms with Crippen molar-refractivity contribution in [3.63, 3.8) is 0 Å². The van der Waals surface area contributed by atoms with Crippen LogP contribution in [0.5, 0.6) is 11.5 Å². The van der Waals surface area contributed by atoms with Gasteiger partial charge < -0.3 is 19.1 Å². The van der Waals surface area contributed by atoms with Crippen LogP contribution in [0.2, 0.25) is 0 Å². The number of hydrogen-bond acceptors (Lipinski definition) is 6. The monoisotopic (exact) mass is 370 g/mol. The summed E-state index contributed by atoms with van der Waals surface area (Å²) in [6, 6.07) is 4.51. The Kier molecular flexibility index (Phi) is 5.45. The molecule has 0 atom stereocenters. The van der Waals surface area contributed by atoms with E-state index in [1.165, 1.54) is 19.2 Å². The van der Waals surface area contributed by atoms with E-state index < -0.39 is 10.0 Å². The van der Waals surface area contributed by atoms with Crippen LogP contribution in [0.25, 0.3) is 0 Å². The van der Waals surface area contributed by atoms with Crippen molar-refractivity contribution in [2.45, 2.75) is 11.3 Å². The first-order chi connectivity index (χ1) is 12.0. The lowest BCUT2D eigenvalue weighted by atomic mass is 10.3. The number of morpholine rings is 1. The van der Waals surface area contributed by atoms with E-state index in [9.17, 15) is 13.2 Å². The third-order valence-corrected chi connectivity index (χ3v) is 5.95. The first-order valence-corrected chi connectivity index (χ1v) is 9.64. The Morgan fingerprint density at radius 3 is 2.52 bits per heavy atom. The van der Waals surface area contributed by atoms with Gasteiger partial charge in [-0.15, -0.1) is 0 Å². The number of nitrogens with zero attached hydrogens (tertiary/aromatic N) is 2. The van der Waals surface area contributed by atoms with Crippen molar-refractivity contribution in [2.75, 3.05) is 53.1 Å². The SMILES string of the molecule is CN(CC(=O)N1CCOCC1)S(=O)(=O)c1ccc2c(c1)OCCCO2. The van der Waals surface area contributed by atoms with Gasteiger partial charge in [-0.05, 0) is 12.1 Å². The van der Waals surface area contributed by atoms with Crippen LogP contribution >= 0.6 is 0 Å². The van der Waals surface area contributed by atoms with Crippen LogP contribution in [0.1, 0.15) is 6.42 Å². The van der Waals surface area contributed by atoms with Crippen LogP contribution in [0.3, 0.4) is 0 Å². The fourth-order valence-corrected chi connectivity index (χ4v) is 3.81. The van der Waals surface area contributed by atoms with Gasteiger partial charge in [-0.3, -0.25) is 4.79 Å². The Bertz CT molecular complexity index is 730. The smallest absolute Gasteiger partial charge is 0.243 e. The lowest BCUT2D eigenvalue weighted by Gasteiger charge is -2.28. The highest BCUT2D eigenvalue weighted by Crippen LogP contribution is 2.32. The molecule has 1 aromatic rings. The average molecular weight is 370 g/mol. The van der Waals surface area contributed by atoms with Gasteiger partial charge in [0.25, 0.3) is 0 Å². The summed E-state index contributed by atoms with van der Waals surface area (Å²) in [5, 5.41) is 0. The number of ether oxygens (including phenoxy) is 3. The Morgan fingerprint density at radius 2 is 1.80 bits per heavy atom. The molecule has 2 aliphatic heterocycles. The van der Waals surface area contributed by atoms with Crippen molar-refractivity contribution in [1.29, 1.82) is 0 Å². The number of carbonyl (C=O) groups excluding carboxylic acids is 1. The summed E-state index contributed by atoms with van der Waals surface area (Å²) in [5.41, 5.74) is 0. The molecule has 1 amide bonds. The van der Waals surface area contributed by atoms with E-state index in [4.69, 9.17) is 14.2 Å². The number of benzene rings is 1. The normalized spacial score (nSPS) is 18.1. The molecule has 9 heteroatoms. The van der Waals surface area contributed by atoms with Gasteiger partial charge in [0.1, 0.15) is 0 Å². The second kappa shape index (κ2) is 7.59. The van der Waals surface area contributed by atoms with Crippen molar-refractivity contribution in [1.82, 2.24) is 9.21 Å². The largest absolute Gasteiger partial charge is 0.490 e. The van der Waals surface area contributed by atoms with E-state index in [-0.39, 0.29) is 17.3 Å². The van der Waals surface area contributed by atoms with Crippen molar-refractivity contribution < 1.29 is 27.4 Å². The summed E-state index contributed by atoms with van der Waals surface area (Å²) in [6.45, 7) is 2.72. The van der Waals surface area contributed by atoms with Gasteiger partial charge >= 0.3 is 0 Å². The molecule has 8 nitrogen and oxygen atoms in total. The van der Waals surface area contributed by atoms with E-state index in [0.717, 1.165) is 10.7 Å². The van der Waals surface area contributed by atoms with Gasteiger partial charge in [0.2, 0.25) is 15.9 Å². The minimum absolute atomic E-state index is 0.0778. The second-order valence-corrected chi connectivity index (χ2v) is 7.96. The number of carbonyl (C=O) groups is 1. The predicted octanol–water partition coefficient (Wildman–Crippen LogP) is 0.327. The van der Waals surface area contributed by atoms with Crippen LogP contribution in [-0.4, -0.2) is 76.6 Å². The maximum atomic E-state index is 12.8. The molecule has 2 aliphatic rings. The second-order valence-electron chi connectivity index (χ2n) is 5.91. The van der Waals surface area contributed by atoms with E-state index in [0.29, 0.717) is 51.0 Å². The summed E-state index contributed by atoms with van der Waals surface area (Å²) in [4.78, 5) is 14.0. The van der Waals surface area contributed by atoms with Crippen molar-refractivity contribution in [3.8, 4) is 11.5 Å². The molecule has 2 heterocycles. The first-order valence-electron chi connectivity index (χ1n) is 8.20. The van der Waals surface area contributed by atoms with Crippen molar-refractivity contribution in [2.24, 2.45) is 0 Å². The lowest BCUT2D eigenvalue weighted by Crippen LogP contribution is -2.46. The van der Waals surface area contributed by atoms with Crippen molar-refractivity contribution in [3.05, 3.63) is 18.2 Å². The minimum atomic E-state index is -3.80. The minimum Gasteiger partial charge on any atom is -0.490 e. The molecular weight excluding hydrogens is 348 g/mol. The van der Waals surface area contributed by atoms with Gasteiger partial charge in [0.05, 0.1) is 37.9 Å². The highest BCUT2D eigenvalue weighted by molar-refractivity contribution is 7.89. The highest BCUT2D eigenvalue weighted by Gasteiger charge is 2.27. The van der Waals surface area contributed by atoms with Crippen LogP contribution in [0.4, 0.5) is 0 Å². The zero-order chi connectivity index (χ0) is 17.9. The molecule has 0 unspecified atom stereocenters. The van der Waals surface area contributed by atoms with Gasteiger partial charge in [-0.1, -0.05) is 0 Å². The van der Waals surface area contributed by atoms with Gasteiger partial charge in [0.15, 0.2) is 11.5 Å². The Labute approximate surface area is 147 Å². The summed E-state index contributed by atoms with van der Waals surface area (Å²) >= 11 is 0. The Morgan fingerprint density at radius 1 is 1.12 bits per heavy atom. The molecule has 25 heavy (non-hydrogen) atoms. The standard InChI is InChI=1S/C16H22N2O6S/c1-17(12-16(19)18-5-9-22-10-6-18)25(20,21)13-3-4-14-15(11-13)24-8-2-7-23-14/h3-4,11H,2,5-10,12H2,1H3. The van der Waals surface area contributed by atoms with Crippen LogP contribution in [0, 0.1) is 0 Å². The number of rotatable bonds is 4. The third-order valence-electron chi connectivity index (χ3n) is 4.15. The van der Waals surface area contributed by atoms with E-state index in [1.54, 1.807) is 11.0 Å². The number of fused-ring (bicyclic) bond motifs is 1. The lowest BCUT2D eigenvalue weighted by molar-refractivity contribution is -0.135. The van der Waals surface area contributed by atoms with Crippen LogP contribution in [-0.2, 0) is 19.6 Å². The maximum Gasteiger partial charge on any atom is 0.243 e. The van der Waals surface area contributed by atoms with Crippen LogP contribution < -0.4 is 9.47 Å². The topological polar surface area (TPSA) is 85.4 Å². The predicted molar refractivity (Wildman–Crippen MR) is 89.3 cm³/mol. The average Bonchev–Trinajstić information content (AvgIpc) is 2.87. The molecule has 3 rings (SSSR count). The molecule has 0 radical (unpaired) electrons. The number of sulfonamides is 1. The van der Waals surface area contributed by atoms with E-state index in [1.807, 2.05) is 0 Å². The number of amides is 1. The quantitative estimate of drug-likeness (QED) is 0.759. The maximum absolute atomic E-state index is 12.8. The number of likely N-dealkylation sites (N-methyl/N-ethyl adjacent to an activating group) is 1. The Hall–Kier alpha value is -1.84. The molecular formula is C16H22N2O6S. The fourth-order valence-electron chi connectivity index (χ4n) is 2.67. The van der Waals surface area contributed by atoms with E-state index >= 15 is 0 Å². The molecule has 0 bridgehead atoms. The van der Waals surface area contributed by atoms with Crippen molar-refractivity contribution >= 4 is 15.9 Å². The molecule has 138 valence electrons. The summed E-state index contributed by atoms with van der Waals surface area (Å²) in [6.07, 6.45) is 0.741. The van der Waals surface area contributed by atoms with Gasteiger partial charge in [-0.2, -0.15) is 4.31 Å². The van der Waals surface area contributed by atoms with E-state index in [2.05, 4.69) is 0 Å². The molecule has 1 fully saturated rings. The molecule has 0 spiro atoms. The summed E-state index contributed by atoms with van der Waals surface area (Å²) in [5.74, 6) is 0.707. The summed E-state index contributed by atoms with van der Waals surface area (Å²) in [7, 11) is -2.40. The van der Waals surface area contributed by atoms with Gasteiger partial charge in [-0.25, -0.2) is 8.42 Å². The highest BCUT2D eigenvalue weighted by atomic mass is 32.2. The zero-order valence-electron chi connectivity index (χ0n) is 14.1. The molecule has 0 saturated carbocycles. The molecule has 1 aromatic carbocycles. The fraction of sp³-hybridized carbons (Fsp3) is 0.562. The molecule has 1 saturated heterocycles. The molecule has 0 aliphatic carbocycles. The first kappa shape index (κ1) is 18.0. The Balaban J connectivity index is 1.74. The van der Waals surface area contributed by atoms with Gasteiger partial charge in [0, 0.05) is 32.6 Å². The zero-order valence-corrected chi connectivity index (χ0v) is 15.0. The third kappa shape index (κ3) is 4.05. The summed E-state index contributed by atoms with van der Waals surface area (Å²) < 4.78 is 42.8.